The van der Waals surface area contributed by atoms with E-state index in [-0.39, 0.29) is 64.1 Å². The molecule has 0 aromatic carbocycles. The summed E-state index contributed by atoms with van der Waals surface area (Å²) in [4.78, 5) is 150. The van der Waals surface area contributed by atoms with Crippen molar-refractivity contribution in [3.63, 3.8) is 0 Å². The smallest absolute Gasteiger partial charge is 0.390 e. The number of hydrogen-bond donors (Lipinski definition) is 12. The number of imidazole rings is 2. The van der Waals surface area contributed by atoms with E-state index in [4.69, 9.17) is 87.3 Å². The zero-order chi connectivity index (χ0) is 72.2. The topological polar surface area (TPSA) is 672 Å². The van der Waals surface area contributed by atoms with E-state index in [1.807, 2.05) is 0 Å². The molecule has 0 radical (unpaired) electrons. The number of aliphatic hydroxyl groups excluding tert-OH is 1. The van der Waals surface area contributed by atoms with E-state index in [0.717, 1.165) is 32.6 Å². The molecule has 548 valence electrons. The largest absolute Gasteiger partial charge is 0.694 e. The summed E-state index contributed by atoms with van der Waals surface area (Å²) in [5, 5.41) is 10.8. The van der Waals surface area contributed by atoms with Gasteiger partial charge in [0, 0.05) is 60.8 Å². The summed E-state index contributed by atoms with van der Waals surface area (Å²) in [5.74, 6) is -0.748. The zero-order valence-electron chi connectivity index (χ0n) is 51.7. The number of nitrogens with zero attached hydrogens (tertiary/aromatic N) is 12. The van der Waals surface area contributed by atoms with Crippen LogP contribution in [-0.4, -0.2) is 191 Å². The molecule has 5 aliphatic rings. The number of phosphoric acid groups is 4. The van der Waals surface area contributed by atoms with E-state index in [1.165, 1.54) is 46.9 Å². The third-order valence-corrected chi connectivity index (χ3v) is 20.6. The van der Waals surface area contributed by atoms with Gasteiger partial charge in [-0.2, -0.15) is 15.0 Å². The Morgan fingerprint density at radius 1 is 0.535 bits per heavy atom. The first kappa shape index (κ1) is 73.5. The summed E-state index contributed by atoms with van der Waals surface area (Å²) in [7, 11) is -24.9. The van der Waals surface area contributed by atoms with Crippen molar-refractivity contribution < 1.29 is 117 Å². The molecule has 5 aliphatic heterocycles. The predicted octanol–water partition coefficient (Wildman–Crippen LogP) is -1.87. The normalized spacial score (nSPS) is 29.5. The molecule has 16 N–H and O–H groups in total. The highest BCUT2D eigenvalue weighted by molar-refractivity contribution is 7.48. The van der Waals surface area contributed by atoms with Gasteiger partial charge in [-0.1, -0.05) is 0 Å². The van der Waals surface area contributed by atoms with Gasteiger partial charge in [-0.15, -0.1) is 9.42 Å². The Bertz CT molecular complexity index is 4790. The van der Waals surface area contributed by atoms with Gasteiger partial charge >= 0.3 is 56.6 Å². The van der Waals surface area contributed by atoms with Crippen LogP contribution >= 0.6 is 39.5 Å². The Morgan fingerprint density at radius 3 is 1.42 bits per heavy atom. The first-order valence-electron chi connectivity index (χ1n) is 29.8. The molecule has 0 bridgehead atoms. The second-order valence-electron chi connectivity index (χ2n) is 23.0. The van der Waals surface area contributed by atoms with Crippen LogP contribution in [-0.2, 0) is 87.2 Å². The van der Waals surface area contributed by atoms with Crippen LogP contribution in [0.3, 0.4) is 0 Å². The molecule has 48 nitrogen and oxygen atoms in total. The summed E-state index contributed by atoms with van der Waals surface area (Å²) < 4.78 is 151. The molecule has 7 aromatic heterocycles. The van der Waals surface area contributed by atoms with Gasteiger partial charge in [-0.3, -0.25) is 78.6 Å². The molecule has 0 spiro atoms. The minimum atomic E-state index is -5.53. The van der Waals surface area contributed by atoms with Crippen molar-refractivity contribution >= 4 is 85.3 Å². The van der Waals surface area contributed by atoms with Crippen LogP contribution in [0, 0.1) is 6.92 Å². The van der Waals surface area contributed by atoms with Crippen molar-refractivity contribution in [2.45, 2.75) is 131 Å². The van der Waals surface area contributed by atoms with Crippen LogP contribution in [0.25, 0.3) is 22.3 Å². The van der Waals surface area contributed by atoms with Crippen molar-refractivity contribution in [1.29, 1.82) is 0 Å². The lowest BCUT2D eigenvalue weighted by Gasteiger charge is -2.25. The minimum Gasteiger partial charge on any atom is -0.390 e. The van der Waals surface area contributed by atoms with E-state index in [0.29, 0.717) is 0 Å². The lowest BCUT2D eigenvalue weighted by molar-refractivity contribution is -0.0639. The van der Waals surface area contributed by atoms with Crippen LogP contribution in [0.2, 0.25) is 0 Å². The molecule has 5 unspecified atom stereocenters. The number of H-pyrrole nitrogens is 2. The van der Waals surface area contributed by atoms with Crippen LogP contribution in [0.1, 0.15) is 68.8 Å². The monoisotopic (exact) mass is 1530 g/mol. The summed E-state index contributed by atoms with van der Waals surface area (Å²) in [6.45, 7) is -3.20. The fourth-order valence-corrected chi connectivity index (χ4v) is 15.6. The maximum atomic E-state index is 14.2. The van der Waals surface area contributed by atoms with Crippen molar-refractivity contribution in [3.05, 3.63) is 107 Å². The number of hydrogen-bond acceptors (Lipinski definition) is 36. The number of aromatic nitrogens is 14. The van der Waals surface area contributed by atoms with Crippen LogP contribution in [0.15, 0.2) is 73.7 Å². The van der Waals surface area contributed by atoms with Gasteiger partial charge in [-0.05, 0) is 19.1 Å². The van der Waals surface area contributed by atoms with Gasteiger partial charge in [0.1, 0.15) is 116 Å². The maximum Gasteiger partial charge on any atom is 0.694 e. The van der Waals surface area contributed by atoms with Crippen molar-refractivity contribution in [1.82, 2.24) is 67.7 Å². The Kier molecular flexibility index (Phi) is 21.5. The number of fused-ring (bicyclic) bond motifs is 2. The summed E-state index contributed by atoms with van der Waals surface area (Å²) in [6, 6.07) is 2.46. The van der Waals surface area contributed by atoms with Gasteiger partial charge in [0.15, 0.2) is 22.6 Å². The molecule has 0 aliphatic carbocycles. The quantitative estimate of drug-likeness (QED) is 0.0239. The molecular weight excluding hydrogens is 1460 g/mol. The molecule has 12 rings (SSSR count). The van der Waals surface area contributed by atoms with Gasteiger partial charge < -0.3 is 71.3 Å². The first-order valence-corrected chi connectivity index (χ1v) is 36.9. The zero-order valence-corrected chi connectivity index (χ0v) is 56.2. The summed E-state index contributed by atoms with van der Waals surface area (Å²) in [6.07, 6.45) is -17.0. The molecule has 5 saturated heterocycles. The molecule has 0 saturated carbocycles. The van der Waals surface area contributed by atoms with E-state index in [1.54, 1.807) is 0 Å². The van der Waals surface area contributed by atoms with Gasteiger partial charge in [-0.25, -0.2) is 52.6 Å². The van der Waals surface area contributed by atoms with Gasteiger partial charge in [0.05, 0.1) is 45.2 Å². The molecule has 20 atom stereocenters. The number of ether oxygens (including phenoxy) is 5. The average Bonchev–Trinajstić information content (AvgIpc) is 1.62. The average molecular weight is 1530 g/mol. The van der Waals surface area contributed by atoms with Crippen molar-refractivity contribution in [2.75, 3.05) is 56.0 Å². The molecule has 7 aromatic rings. The van der Waals surface area contributed by atoms with Crippen molar-refractivity contribution in [2.24, 2.45) is 0 Å². The number of nitrogens with one attached hydrogen (secondary N) is 2. The second-order valence-corrected chi connectivity index (χ2v) is 29.3. The summed E-state index contributed by atoms with van der Waals surface area (Å²) in [5.41, 5.74) is 19.0. The lowest BCUT2D eigenvalue weighted by Crippen LogP contribution is -2.33. The van der Waals surface area contributed by atoms with Crippen LogP contribution < -0.4 is 51.1 Å². The summed E-state index contributed by atoms with van der Waals surface area (Å²) >= 11 is 0. The fraction of sp³-hybridized carbons (Fsp3) is 0.542. The number of aliphatic hydroxyl groups is 1. The third-order valence-electron chi connectivity index (χ3n) is 16.2. The fourth-order valence-electron chi connectivity index (χ4n) is 11.5. The second kappa shape index (κ2) is 29.5. The lowest BCUT2D eigenvalue weighted by atomic mass is 10.2. The molecular formula is C48H62N18O30P5+. The van der Waals surface area contributed by atoms with Crippen LogP contribution in [0.4, 0.5) is 23.4 Å². The van der Waals surface area contributed by atoms with E-state index < -0.39 is 212 Å². The maximum absolute atomic E-state index is 14.2. The van der Waals surface area contributed by atoms with Crippen molar-refractivity contribution in [3.8, 4) is 0 Å². The standard InChI is InChI=1S/C48H61N18O30P5/c1-20-11-64(48(72)61-43(20)68)33-6-21(67)26(88-33)13-84-98(75,76)95-25-10-37(66-19-56-39-42(66)59-45(52)60-44(39)69)92-30(25)16-87-100(79,80)94-23-8-35(63-5-3-32(50)58-47(63)71)90-28(23)14-85-101(81,82)96-24-9-36(65-18-55-38-40(51)53-17-54-41(38)65)91-29(24)15-86-99(77,78)93-22-7-34(89-27(22)12-83-97(73)74)62-4-2-31(49)57-46(62)70/h2-5,11,17-19,21-30,33-37,67H,6-10,12-16H2,1H3,(H14-,49,50,51,52,53,54,57,58,59,60,61,68,69,70,71,72,73,74,75,76,77,78,79,80,81,82)/p+1/t21-,22-,23-,24-,25-,26+,27+,28+,29+,30+,33+,34+,35+,36+,37+/m0/s1. The van der Waals surface area contributed by atoms with E-state index in [9.17, 15) is 76.4 Å². The highest BCUT2D eigenvalue weighted by Gasteiger charge is 2.50. The van der Waals surface area contributed by atoms with Gasteiger partial charge in [0.25, 0.3) is 11.1 Å². The molecule has 101 heavy (non-hydrogen) atoms. The minimum absolute atomic E-state index is 0.0489. The molecule has 5 fully saturated rings. The van der Waals surface area contributed by atoms with E-state index >= 15 is 0 Å². The SMILES string of the molecule is Cc1cn([C@H]2C[C@H](O)[C@@H](COP(=O)(O)O[C@H]3C[C@H](n4cnc5c(=O)[nH]c(N)nc54)O[C@@H]3COP(=O)(O)O[C@H]3C[C@H](n4ccc(N)nc4=O)O[C@@H]3COP(=O)(O)O[C@H]3C[C@H](n4cnc5c(N)ncnc54)O[C@@H]3COP(=O)(O)O[C@H]3C[C@H](n4ccc(N)nc4=O)O[C@@H]3CO[P+](=O)O)O2)c(=O)[nH]c1=O. The third kappa shape index (κ3) is 17.0. The number of phosphoric ester groups is 4. The Labute approximate surface area is 562 Å². The number of rotatable bonds is 28. The number of aryl methyl sites for hydroxylation is 1. The molecule has 0 amide bonds. The highest BCUT2D eigenvalue weighted by atomic mass is 31.2. The van der Waals surface area contributed by atoms with E-state index in [2.05, 4.69) is 44.9 Å². The Morgan fingerprint density at radius 2 is 0.950 bits per heavy atom. The predicted molar refractivity (Wildman–Crippen MR) is 331 cm³/mol. The van der Waals surface area contributed by atoms with Crippen LogP contribution in [0.5, 0.6) is 0 Å². The number of aromatic amines is 2. The van der Waals surface area contributed by atoms with Gasteiger partial charge in [0.2, 0.25) is 5.95 Å². The first-order chi connectivity index (χ1) is 47.7. The Balaban J connectivity index is 0.741. The number of nitrogens with two attached hydrogens (primary N) is 4. The Hall–Kier alpha value is -7.24. The number of nitrogen functional groups attached to an aromatic ring is 4. The number of anilines is 4. The molecule has 12 heterocycles. The highest BCUT2D eigenvalue weighted by Crippen LogP contribution is 2.55. The molecule has 53 heteroatoms.